The third-order valence-electron chi connectivity index (χ3n) is 8.24. The molecule has 0 aliphatic rings. The Morgan fingerprint density at radius 1 is 0.441 bits per heavy atom. The van der Waals surface area contributed by atoms with E-state index in [1.165, 1.54) is 73.6 Å². The third kappa shape index (κ3) is 5.65. The van der Waals surface area contributed by atoms with Crippen LogP contribution in [0.25, 0.3) is 0 Å². The molecule has 34 heavy (non-hydrogen) atoms. The minimum absolute atomic E-state index is 0.0754. The smallest absolute Gasteiger partial charge is 0.0200 e. The molecule has 0 N–H and O–H groups in total. The third-order valence-corrected chi connectivity index (χ3v) is 8.24. The van der Waals surface area contributed by atoms with E-state index in [0.717, 1.165) is 12.8 Å². The van der Waals surface area contributed by atoms with Crippen LogP contribution in [0, 0.1) is 0 Å². The Balaban J connectivity index is 2.14. The second-order valence-electron chi connectivity index (χ2n) is 10.1. The van der Waals surface area contributed by atoms with Gasteiger partial charge >= 0.3 is 0 Å². The molecule has 0 aromatic heterocycles. The lowest BCUT2D eigenvalue weighted by Crippen LogP contribution is -2.30. The molecule has 0 heterocycles. The van der Waals surface area contributed by atoms with E-state index in [0.29, 0.717) is 0 Å². The molecule has 0 nitrogen and oxygen atoms in total. The van der Waals surface area contributed by atoms with Crippen molar-refractivity contribution in [2.75, 3.05) is 0 Å². The van der Waals surface area contributed by atoms with Crippen molar-refractivity contribution in [2.45, 2.75) is 103 Å². The Morgan fingerprint density at radius 2 is 0.824 bits per heavy atom. The van der Waals surface area contributed by atoms with Crippen molar-refractivity contribution in [2.24, 2.45) is 0 Å². The second kappa shape index (κ2) is 12.9. The Hall–Kier alpha value is -2.34. The second-order valence-corrected chi connectivity index (χ2v) is 10.1. The molecule has 3 aromatic rings. The molecule has 2 atom stereocenters. The van der Waals surface area contributed by atoms with Gasteiger partial charge in [-0.15, -0.1) is 0 Å². The molecule has 3 rings (SSSR count). The number of hydrogen-bond acceptors (Lipinski definition) is 0. The highest BCUT2D eigenvalue weighted by atomic mass is 14.4. The molecule has 0 spiro atoms. The maximum Gasteiger partial charge on any atom is 0.0200 e. The Labute approximate surface area is 209 Å². The Kier molecular flexibility index (Phi) is 10.00. The number of unbranched alkanes of at least 4 members (excludes halogenated alkanes) is 4. The first kappa shape index (κ1) is 26.3. The van der Waals surface area contributed by atoms with Gasteiger partial charge in [0.05, 0.1) is 0 Å². The molecule has 0 saturated heterocycles. The molecule has 182 valence electrons. The fraction of sp³-hybridized carbons (Fsp3) is 0.471. The van der Waals surface area contributed by atoms with Crippen LogP contribution in [0.2, 0.25) is 0 Å². The van der Waals surface area contributed by atoms with Crippen LogP contribution >= 0.6 is 0 Å². The summed E-state index contributed by atoms with van der Waals surface area (Å²) >= 11 is 0. The zero-order valence-electron chi connectivity index (χ0n) is 22.2. The maximum absolute atomic E-state index is 2.59. The van der Waals surface area contributed by atoms with Crippen molar-refractivity contribution in [3.63, 3.8) is 0 Å². The van der Waals surface area contributed by atoms with E-state index in [1.807, 2.05) is 0 Å². The summed E-state index contributed by atoms with van der Waals surface area (Å²) in [7, 11) is 0. The molecule has 0 radical (unpaired) electrons. The predicted molar refractivity (Wildman–Crippen MR) is 150 cm³/mol. The van der Waals surface area contributed by atoms with E-state index in [4.69, 9.17) is 0 Å². The molecular formula is C34H46. The minimum Gasteiger partial charge on any atom is -0.0654 e. The van der Waals surface area contributed by atoms with Gasteiger partial charge in [0.15, 0.2) is 0 Å². The molecule has 0 fully saturated rings. The van der Waals surface area contributed by atoms with E-state index in [1.54, 1.807) is 0 Å². The van der Waals surface area contributed by atoms with Crippen LogP contribution in [0.4, 0.5) is 0 Å². The lowest BCUT2D eigenvalue weighted by atomic mass is 9.65. The van der Waals surface area contributed by atoms with Gasteiger partial charge in [-0.3, -0.25) is 0 Å². The van der Waals surface area contributed by atoms with E-state index in [2.05, 4.69) is 113 Å². The van der Waals surface area contributed by atoms with Gasteiger partial charge in [-0.1, -0.05) is 151 Å². The van der Waals surface area contributed by atoms with Gasteiger partial charge in [-0.05, 0) is 47.9 Å². The van der Waals surface area contributed by atoms with Crippen LogP contribution in [0.3, 0.4) is 0 Å². The van der Waals surface area contributed by atoms with Gasteiger partial charge in [0.2, 0.25) is 0 Å². The average molecular weight is 455 g/mol. The summed E-state index contributed by atoms with van der Waals surface area (Å²) in [5.74, 6) is 0. The molecule has 0 bridgehead atoms. The van der Waals surface area contributed by atoms with Gasteiger partial charge < -0.3 is 0 Å². The summed E-state index contributed by atoms with van der Waals surface area (Å²) in [6, 6.07) is 32.3. The summed E-state index contributed by atoms with van der Waals surface area (Å²) in [4.78, 5) is 0. The topological polar surface area (TPSA) is 0 Å². The van der Waals surface area contributed by atoms with Gasteiger partial charge in [0.1, 0.15) is 0 Å². The predicted octanol–water partition coefficient (Wildman–Crippen LogP) is 10.2. The van der Waals surface area contributed by atoms with Crippen LogP contribution in [0.15, 0.2) is 84.9 Å². The van der Waals surface area contributed by atoms with E-state index in [9.17, 15) is 0 Å². The van der Waals surface area contributed by atoms with Crippen LogP contribution in [0.1, 0.15) is 114 Å². The average Bonchev–Trinajstić information content (AvgIpc) is 2.91. The standard InChI is InChI=1S/C34H46/c1-5-9-17-26-33(7-3,29-20-13-11-14-21-29)31-24-19-25-32(28-31)34(8-4,27-18-10-6-2)30-22-15-12-16-23-30/h11-16,19-25,28H,5-10,17-18,26-27H2,1-4H3. The van der Waals surface area contributed by atoms with Crippen molar-refractivity contribution in [1.82, 2.24) is 0 Å². The van der Waals surface area contributed by atoms with Gasteiger partial charge in [0, 0.05) is 10.8 Å². The van der Waals surface area contributed by atoms with Gasteiger partial charge in [0.25, 0.3) is 0 Å². The highest BCUT2D eigenvalue weighted by Gasteiger charge is 2.36. The van der Waals surface area contributed by atoms with Gasteiger partial charge in [-0.2, -0.15) is 0 Å². The summed E-state index contributed by atoms with van der Waals surface area (Å²) in [6.45, 7) is 9.39. The molecule has 2 unspecified atom stereocenters. The largest absolute Gasteiger partial charge is 0.0654 e. The van der Waals surface area contributed by atoms with Gasteiger partial charge in [-0.25, -0.2) is 0 Å². The molecule has 0 aliphatic carbocycles. The highest BCUT2D eigenvalue weighted by molar-refractivity contribution is 5.46. The summed E-state index contributed by atoms with van der Waals surface area (Å²) < 4.78 is 0. The zero-order valence-corrected chi connectivity index (χ0v) is 22.2. The first-order chi connectivity index (χ1) is 16.7. The lowest BCUT2D eigenvalue weighted by molar-refractivity contribution is 0.418. The molecular weight excluding hydrogens is 408 g/mol. The SMILES string of the molecule is CCCCCC(CC)(c1ccccc1)c1cccc(C(CC)(CCCCC)c2ccccc2)c1. The van der Waals surface area contributed by atoms with Crippen LogP contribution in [-0.2, 0) is 10.8 Å². The fourth-order valence-corrected chi connectivity index (χ4v) is 6.06. The maximum atomic E-state index is 2.59. The lowest BCUT2D eigenvalue weighted by Gasteiger charge is -2.38. The van der Waals surface area contributed by atoms with E-state index < -0.39 is 0 Å². The first-order valence-electron chi connectivity index (χ1n) is 13.9. The number of benzene rings is 3. The van der Waals surface area contributed by atoms with Crippen LogP contribution < -0.4 is 0 Å². The quantitative estimate of drug-likeness (QED) is 0.212. The fourth-order valence-electron chi connectivity index (χ4n) is 6.06. The summed E-state index contributed by atoms with van der Waals surface area (Å²) in [5, 5.41) is 0. The van der Waals surface area contributed by atoms with Crippen molar-refractivity contribution >= 4 is 0 Å². The summed E-state index contributed by atoms with van der Waals surface area (Å²) in [5.41, 5.74) is 6.09. The van der Waals surface area contributed by atoms with Crippen molar-refractivity contribution < 1.29 is 0 Å². The zero-order chi connectivity index (χ0) is 24.3. The molecule has 0 saturated carbocycles. The van der Waals surface area contributed by atoms with E-state index in [-0.39, 0.29) is 10.8 Å². The normalized spacial score (nSPS) is 14.9. The Bertz CT molecular complexity index is 881. The van der Waals surface area contributed by atoms with Crippen LogP contribution in [-0.4, -0.2) is 0 Å². The number of rotatable bonds is 14. The number of hydrogen-bond donors (Lipinski definition) is 0. The molecule has 0 heteroatoms. The molecule has 0 aliphatic heterocycles. The minimum atomic E-state index is 0.0754. The summed E-state index contributed by atoms with van der Waals surface area (Å²) in [6.07, 6.45) is 12.4. The Morgan fingerprint density at radius 3 is 1.18 bits per heavy atom. The van der Waals surface area contributed by atoms with E-state index >= 15 is 0 Å². The highest BCUT2D eigenvalue weighted by Crippen LogP contribution is 2.45. The molecule has 0 amide bonds. The van der Waals surface area contributed by atoms with Crippen LogP contribution in [0.5, 0.6) is 0 Å². The van der Waals surface area contributed by atoms with Crippen molar-refractivity contribution in [1.29, 1.82) is 0 Å². The van der Waals surface area contributed by atoms with Crippen molar-refractivity contribution in [3.05, 3.63) is 107 Å². The molecule has 3 aromatic carbocycles. The van der Waals surface area contributed by atoms with Crippen molar-refractivity contribution in [3.8, 4) is 0 Å². The monoisotopic (exact) mass is 454 g/mol. The first-order valence-corrected chi connectivity index (χ1v) is 13.9.